The zero-order valence-electron chi connectivity index (χ0n) is 14.7. The van der Waals surface area contributed by atoms with Crippen molar-refractivity contribution in [3.8, 4) is 5.88 Å². The van der Waals surface area contributed by atoms with Crippen LogP contribution in [0, 0.1) is 0 Å². The van der Waals surface area contributed by atoms with E-state index in [0.717, 1.165) is 0 Å². The molecular weight excluding hydrogens is 397 g/mol. The second-order valence-corrected chi connectivity index (χ2v) is 5.03. The Morgan fingerprint density at radius 1 is 1.04 bits per heavy atom. The minimum Gasteiger partial charge on any atom is -1.00 e. The van der Waals surface area contributed by atoms with Crippen LogP contribution in [0.4, 0.5) is 0 Å². The Bertz CT molecular complexity index is 588. The smallest absolute Gasteiger partial charge is 1.00 e. The Morgan fingerprint density at radius 2 is 1.58 bits per heavy atom. The first-order valence-electron chi connectivity index (χ1n) is 6.62. The number of carbonyl (C=O) groups excluding carboxylic acids is 3. The van der Waals surface area contributed by atoms with Crippen LogP contribution in [0.1, 0.15) is 25.6 Å². The molecule has 1 heterocycles. The van der Waals surface area contributed by atoms with Gasteiger partial charge in [-0.3, -0.25) is 9.59 Å². The van der Waals surface area contributed by atoms with E-state index in [0.29, 0.717) is 4.47 Å². The zero-order valence-corrected chi connectivity index (χ0v) is 17.3. The predicted molar refractivity (Wildman–Crippen MR) is 82.1 cm³/mol. The van der Waals surface area contributed by atoms with E-state index in [1.807, 2.05) is 0 Å². The standard InChI is InChI=1S/C14H16BrNO7.Na.H/c1-9(17)20-3-5-22-13-12(15)7-11(8-16-13)14(19)23-6-4-21-10(2)18;;/h7-8H,3-6H2,1-2H3;;/q;+1;-1. The maximum absolute atomic E-state index is 11.8. The maximum atomic E-state index is 11.8. The number of aromatic nitrogens is 1. The van der Waals surface area contributed by atoms with Crippen molar-refractivity contribution >= 4 is 33.8 Å². The van der Waals surface area contributed by atoms with Gasteiger partial charge in [-0.1, -0.05) is 0 Å². The van der Waals surface area contributed by atoms with E-state index < -0.39 is 17.9 Å². The van der Waals surface area contributed by atoms with Gasteiger partial charge in [0.1, 0.15) is 26.4 Å². The molecule has 0 radical (unpaired) electrons. The van der Waals surface area contributed by atoms with Crippen LogP contribution in [0.2, 0.25) is 0 Å². The molecule has 1 aromatic rings. The fraction of sp³-hybridized carbons (Fsp3) is 0.429. The number of ether oxygens (including phenoxy) is 4. The van der Waals surface area contributed by atoms with Crippen molar-refractivity contribution < 1.29 is 64.3 Å². The van der Waals surface area contributed by atoms with Crippen LogP contribution in [0.15, 0.2) is 16.7 Å². The largest absolute Gasteiger partial charge is 1.00 e. The number of esters is 3. The topological polar surface area (TPSA) is 101 Å². The molecule has 0 aliphatic heterocycles. The van der Waals surface area contributed by atoms with Gasteiger partial charge in [0.2, 0.25) is 5.88 Å². The molecule has 0 bridgehead atoms. The average molecular weight is 414 g/mol. The van der Waals surface area contributed by atoms with Gasteiger partial charge in [-0.2, -0.15) is 0 Å². The molecular formula is C14H17BrNNaO7. The number of pyridine rings is 1. The Labute approximate surface area is 171 Å². The first kappa shape index (κ1) is 22.8. The van der Waals surface area contributed by atoms with Crippen LogP contribution < -0.4 is 34.3 Å². The summed E-state index contributed by atoms with van der Waals surface area (Å²) in [5.41, 5.74) is 0.215. The number of carbonyl (C=O) groups is 3. The Balaban J connectivity index is 0. The van der Waals surface area contributed by atoms with Crippen molar-refractivity contribution in [3.05, 3.63) is 22.3 Å². The van der Waals surface area contributed by atoms with Gasteiger partial charge in [0.25, 0.3) is 0 Å². The molecule has 24 heavy (non-hydrogen) atoms. The first-order chi connectivity index (χ1) is 10.9. The average Bonchev–Trinajstić information content (AvgIpc) is 2.48. The summed E-state index contributed by atoms with van der Waals surface area (Å²) in [6, 6.07) is 1.49. The summed E-state index contributed by atoms with van der Waals surface area (Å²) in [5, 5.41) is 0. The van der Waals surface area contributed by atoms with Gasteiger partial charge in [0, 0.05) is 20.0 Å². The van der Waals surface area contributed by atoms with E-state index in [-0.39, 0.29) is 68.9 Å². The number of hydrogen-bond donors (Lipinski definition) is 0. The van der Waals surface area contributed by atoms with E-state index in [1.54, 1.807) is 0 Å². The molecule has 0 aliphatic carbocycles. The number of nitrogens with zero attached hydrogens (tertiary/aromatic N) is 1. The van der Waals surface area contributed by atoms with Gasteiger partial charge < -0.3 is 20.4 Å². The van der Waals surface area contributed by atoms with Gasteiger partial charge in [-0.25, -0.2) is 9.78 Å². The second kappa shape index (κ2) is 12.2. The third-order valence-electron chi connectivity index (χ3n) is 2.29. The molecule has 0 saturated heterocycles. The quantitative estimate of drug-likeness (QED) is 0.222. The van der Waals surface area contributed by atoms with Crippen molar-refractivity contribution in [2.24, 2.45) is 0 Å². The van der Waals surface area contributed by atoms with E-state index in [1.165, 1.54) is 26.1 Å². The van der Waals surface area contributed by atoms with Crippen molar-refractivity contribution in [1.82, 2.24) is 4.98 Å². The molecule has 0 saturated carbocycles. The van der Waals surface area contributed by atoms with Crippen molar-refractivity contribution in [2.75, 3.05) is 26.4 Å². The fourth-order valence-corrected chi connectivity index (χ4v) is 1.83. The summed E-state index contributed by atoms with van der Waals surface area (Å²) in [4.78, 5) is 36.9. The minimum atomic E-state index is -0.600. The Hall–Kier alpha value is -1.16. The second-order valence-electron chi connectivity index (χ2n) is 4.18. The molecule has 0 spiro atoms. The molecule has 1 rings (SSSR count). The summed E-state index contributed by atoms with van der Waals surface area (Å²) < 4.78 is 20.0. The van der Waals surface area contributed by atoms with E-state index in [9.17, 15) is 14.4 Å². The van der Waals surface area contributed by atoms with Crippen molar-refractivity contribution in [3.63, 3.8) is 0 Å². The van der Waals surface area contributed by atoms with Gasteiger partial charge in [0.15, 0.2) is 0 Å². The van der Waals surface area contributed by atoms with E-state index >= 15 is 0 Å². The van der Waals surface area contributed by atoms with Crippen LogP contribution >= 0.6 is 15.9 Å². The van der Waals surface area contributed by atoms with Crippen molar-refractivity contribution in [1.29, 1.82) is 0 Å². The monoisotopic (exact) mass is 413 g/mol. The summed E-state index contributed by atoms with van der Waals surface area (Å²) in [6.45, 7) is 2.75. The zero-order chi connectivity index (χ0) is 17.2. The van der Waals surface area contributed by atoms with E-state index in [4.69, 9.17) is 14.2 Å². The maximum Gasteiger partial charge on any atom is 1.00 e. The predicted octanol–water partition coefficient (Wildman–Crippen LogP) is -1.38. The van der Waals surface area contributed by atoms with Crippen LogP contribution in [0.25, 0.3) is 0 Å². The molecule has 0 N–H and O–H groups in total. The molecule has 0 fully saturated rings. The molecule has 0 aromatic carbocycles. The van der Waals surface area contributed by atoms with Gasteiger partial charge in [-0.05, 0) is 22.0 Å². The van der Waals surface area contributed by atoms with Crippen LogP contribution in [-0.2, 0) is 23.8 Å². The van der Waals surface area contributed by atoms with Crippen LogP contribution in [0.3, 0.4) is 0 Å². The van der Waals surface area contributed by atoms with Crippen LogP contribution in [-0.4, -0.2) is 49.3 Å². The first-order valence-corrected chi connectivity index (χ1v) is 7.41. The van der Waals surface area contributed by atoms with Crippen LogP contribution in [0.5, 0.6) is 5.88 Å². The molecule has 0 aliphatic rings. The molecule has 10 heteroatoms. The number of halogens is 1. The molecule has 8 nitrogen and oxygen atoms in total. The van der Waals surface area contributed by atoms with Gasteiger partial charge in [0.05, 0.1) is 10.0 Å². The molecule has 0 atom stereocenters. The molecule has 1 aromatic heterocycles. The SMILES string of the molecule is CC(=O)OCCOC(=O)c1cnc(OCCOC(C)=O)c(Br)c1.[H-].[Na+]. The fourth-order valence-electron chi connectivity index (χ4n) is 1.37. The Morgan fingerprint density at radius 3 is 2.12 bits per heavy atom. The summed E-state index contributed by atoms with van der Waals surface area (Å²) in [5.74, 6) is -1.18. The number of hydrogen-bond acceptors (Lipinski definition) is 8. The molecule has 0 unspecified atom stereocenters. The normalized spacial score (nSPS) is 9.46. The van der Waals surface area contributed by atoms with E-state index in [2.05, 4.69) is 25.7 Å². The van der Waals surface area contributed by atoms with Crippen molar-refractivity contribution in [2.45, 2.75) is 13.8 Å². The van der Waals surface area contributed by atoms with Gasteiger partial charge >= 0.3 is 47.5 Å². The summed E-state index contributed by atoms with van der Waals surface area (Å²) >= 11 is 3.23. The number of rotatable bonds is 8. The Kier molecular flexibility index (Phi) is 11.6. The molecule has 0 amide bonds. The third kappa shape index (κ3) is 9.21. The molecule has 128 valence electrons. The summed E-state index contributed by atoms with van der Waals surface area (Å²) in [6.07, 6.45) is 1.29. The third-order valence-corrected chi connectivity index (χ3v) is 2.86. The minimum absolute atomic E-state index is 0. The van der Waals surface area contributed by atoms with Gasteiger partial charge in [-0.15, -0.1) is 0 Å². The summed E-state index contributed by atoms with van der Waals surface area (Å²) in [7, 11) is 0.